The number of benzene rings is 2. The topological polar surface area (TPSA) is 60.9 Å². The predicted molar refractivity (Wildman–Crippen MR) is 121 cm³/mol. The first kappa shape index (κ1) is 20.4. The van der Waals surface area contributed by atoms with Gasteiger partial charge in [0.05, 0.1) is 29.0 Å². The van der Waals surface area contributed by atoms with Crippen LogP contribution in [0.25, 0.3) is 10.2 Å². The van der Waals surface area contributed by atoms with Gasteiger partial charge in [0.15, 0.2) is 5.13 Å². The monoisotopic (exact) mass is 438 g/mol. The number of carbonyl (C=O) groups excluding carboxylic acids is 1. The van der Waals surface area contributed by atoms with Crippen LogP contribution in [0, 0.1) is 0 Å². The molecule has 0 spiro atoms. The van der Waals surface area contributed by atoms with E-state index in [9.17, 15) is 4.79 Å². The third kappa shape index (κ3) is 4.74. The minimum atomic E-state index is -0.0692. The second kappa shape index (κ2) is 9.34. The number of ether oxygens (including phenoxy) is 3. The first-order valence-corrected chi connectivity index (χ1v) is 11.7. The van der Waals surface area contributed by atoms with Gasteiger partial charge in [0.25, 0.3) is 5.91 Å². The highest BCUT2D eigenvalue weighted by Crippen LogP contribution is 2.31. The number of nitrogens with zero attached hydrogens (tertiary/aromatic N) is 2. The standard InChI is InChI=1S/C24H26N2O4S/c27-23(17-9-11-18(12-10-17)30-16-20-6-4-14-29-20)26(15-19-5-3-13-28-19)24-25-21-7-1-2-8-22(21)31-24/h1-2,7-12,19-20H,3-6,13-16H2. The van der Waals surface area contributed by atoms with E-state index in [2.05, 4.69) is 0 Å². The van der Waals surface area contributed by atoms with Crippen molar-refractivity contribution in [3.63, 3.8) is 0 Å². The second-order valence-corrected chi connectivity index (χ2v) is 8.99. The van der Waals surface area contributed by atoms with Gasteiger partial charge in [-0.05, 0) is 62.1 Å². The molecule has 0 bridgehead atoms. The highest BCUT2D eigenvalue weighted by atomic mass is 32.1. The maximum atomic E-state index is 13.5. The van der Waals surface area contributed by atoms with Crippen molar-refractivity contribution in [1.82, 2.24) is 4.98 Å². The van der Waals surface area contributed by atoms with Gasteiger partial charge in [-0.2, -0.15) is 0 Å². The molecule has 2 unspecified atom stereocenters. The van der Waals surface area contributed by atoms with E-state index in [1.165, 1.54) is 11.3 Å². The van der Waals surface area contributed by atoms with E-state index in [1.54, 1.807) is 4.90 Å². The Morgan fingerprint density at radius 2 is 1.77 bits per heavy atom. The fraction of sp³-hybridized carbons (Fsp3) is 0.417. The molecule has 2 aliphatic rings. The van der Waals surface area contributed by atoms with E-state index in [-0.39, 0.29) is 18.1 Å². The molecule has 0 saturated carbocycles. The van der Waals surface area contributed by atoms with Crippen LogP contribution in [-0.2, 0) is 9.47 Å². The van der Waals surface area contributed by atoms with Crippen molar-refractivity contribution >= 4 is 32.6 Å². The number of hydrogen-bond donors (Lipinski definition) is 0. The summed E-state index contributed by atoms with van der Waals surface area (Å²) in [5, 5.41) is 0.709. The van der Waals surface area contributed by atoms with Crippen LogP contribution in [0.5, 0.6) is 5.75 Å². The molecular formula is C24H26N2O4S. The van der Waals surface area contributed by atoms with Crippen LogP contribution in [-0.4, -0.2) is 49.5 Å². The molecule has 0 radical (unpaired) electrons. The second-order valence-electron chi connectivity index (χ2n) is 7.99. The summed E-state index contributed by atoms with van der Waals surface area (Å²) >= 11 is 1.54. The Hall–Kier alpha value is -2.48. The van der Waals surface area contributed by atoms with E-state index < -0.39 is 0 Å². The molecule has 1 aromatic heterocycles. The molecule has 3 heterocycles. The van der Waals surface area contributed by atoms with Crippen LogP contribution >= 0.6 is 11.3 Å². The van der Waals surface area contributed by atoms with Gasteiger partial charge in [0.2, 0.25) is 0 Å². The molecule has 5 rings (SSSR count). The number of hydrogen-bond acceptors (Lipinski definition) is 6. The minimum Gasteiger partial charge on any atom is -0.491 e. The quantitative estimate of drug-likeness (QED) is 0.536. The van der Waals surface area contributed by atoms with Crippen molar-refractivity contribution in [3.8, 4) is 5.75 Å². The lowest BCUT2D eigenvalue weighted by atomic mass is 10.1. The fourth-order valence-electron chi connectivity index (χ4n) is 4.03. The molecule has 0 aliphatic carbocycles. The number of carbonyl (C=O) groups is 1. The van der Waals surface area contributed by atoms with Crippen molar-refractivity contribution in [1.29, 1.82) is 0 Å². The molecule has 1 amide bonds. The van der Waals surface area contributed by atoms with Crippen molar-refractivity contribution in [3.05, 3.63) is 54.1 Å². The number of anilines is 1. The predicted octanol–water partition coefficient (Wildman–Crippen LogP) is 4.68. The van der Waals surface area contributed by atoms with Crippen LogP contribution in [0.15, 0.2) is 48.5 Å². The summed E-state index contributed by atoms with van der Waals surface area (Å²) in [6, 6.07) is 15.3. The number of thiazole rings is 1. The summed E-state index contributed by atoms with van der Waals surface area (Å²) in [6.45, 7) is 2.62. The maximum absolute atomic E-state index is 13.5. The Morgan fingerprint density at radius 1 is 1.03 bits per heavy atom. The van der Waals surface area contributed by atoms with Crippen LogP contribution in [0.2, 0.25) is 0 Å². The van der Waals surface area contributed by atoms with Crippen molar-refractivity contribution in [2.75, 3.05) is 31.3 Å². The Morgan fingerprint density at radius 3 is 2.48 bits per heavy atom. The van der Waals surface area contributed by atoms with Gasteiger partial charge in [-0.25, -0.2) is 4.98 Å². The molecule has 31 heavy (non-hydrogen) atoms. The maximum Gasteiger partial charge on any atom is 0.260 e. The lowest BCUT2D eigenvalue weighted by molar-refractivity contribution is 0.0679. The lowest BCUT2D eigenvalue weighted by Crippen LogP contribution is -2.37. The Kier molecular flexibility index (Phi) is 6.15. The average molecular weight is 439 g/mol. The smallest absolute Gasteiger partial charge is 0.260 e. The summed E-state index contributed by atoms with van der Waals surface area (Å²) in [6.07, 6.45) is 4.34. The number of para-hydroxylation sites is 1. The van der Waals surface area contributed by atoms with Crippen LogP contribution < -0.4 is 9.64 Å². The molecular weight excluding hydrogens is 412 g/mol. The molecule has 7 heteroatoms. The van der Waals surface area contributed by atoms with Gasteiger partial charge in [0, 0.05) is 18.8 Å². The number of amides is 1. The molecule has 3 aromatic rings. The molecule has 2 aliphatic heterocycles. The van der Waals surface area contributed by atoms with E-state index in [0.717, 1.165) is 54.9 Å². The van der Waals surface area contributed by atoms with E-state index in [0.29, 0.717) is 23.8 Å². The lowest BCUT2D eigenvalue weighted by Gasteiger charge is -2.23. The Balaban J connectivity index is 1.34. The zero-order valence-corrected chi connectivity index (χ0v) is 18.2. The third-order valence-electron chi connectivity index (χ3n) is 5.73. The van der Waals surface area contributed by atoms with Gasteiger partial charge in [0.1, 0.15) is 12.4 Å². The summed E-state index contributed by atoms with van der Waals surface area (Å²) in [7, 11) is 0. The van der Waals surface area contributed by atoms with E-state index in [4.69, 9.17) is 19.2 Å². The van der Waals surface area contributed by atoms with Gasteiger partial charge in [-0.1, -0.05) is 23.5 Å². The number of fused-ring (bicyclic) bond motifs is 1. The average Bonchev–Trinajstić information content (AvgIpc) is 3.57. The molecule has 2 saturated heterocycles. The van der Waals surface area contributed by atoms with Crippen LogP contribution in [0.1, 0.15) is 36.0 Å². The largest absolute Gasteiger partial charge is 0.491 e. The van der Waals surface area contributed by atoms with E-state index >= 15 is 0 Å². The molecule has 6 nitrogen and oxygen atoms in total. The van der Waals surface area contributed by atoms with Gasteiger partial charge in [-0.15, -0.1) is 0 Å². The SMILES string of the molecule is O=C(c1ccc(OCC2CCCO2)cc1)N(CC1CCCO1)c1nc2ccccc2s1. The van der Waals surface area contributed by atoms with Crippen LogP contribution in [0.3, 0.4) is 0 Å². The fourth-order valence-corrected chi connectivity index (χ4v) is 5.00. The summed E-state index contributed by atoms with van der Waals surface area (Å²) in [5.74, 6) is 0.679. The molecule has 162 valence electrons. The molecule has 2 atom stereocenters. The zero-order chi connectivity index (χ0) is 21.0. The highest BCUT2D eigenvalue weighted by molar-refractivity contribution is 7.22. The first-order chi connectivity index (χ1) is 15.3. The van der Waals surface area contributed by atoms with Gasteiger partial charge in [-0.3, -0.25) is 9.69 Å². The molecule has 0 N–H and O–H groups in total. The van der Waals surface area contributed by atoms with Crippen molar-refractivity contribution < 1.29 is 19.0 Å². The zero-order valence-electron chi connectivity index (χ0n) is 17.4. The van der Waals surface area contributed by atoms with Gasteiger partial charge < -0.3 is 14.2 Å². The Bertz CT molecular complexity index is 990. The van der Waals surface area contributed by atoms with Crippen molar-refractivity contribution in [2.45, 2.75) is 37.9 Å². The Labute approximate surface area is 185 Å². The van der Waals surface area contributed by atoms with E-state index in [1.807, 2.05) is 48.5 Å². The molecule has 2 aromatic carbocycles. The van der Waals surface area contributed by atoms with Gasteiger partial charge >= 0.3 is 0 Å². The normalized spacial score (nSPS) is 20.9. The van der Waals surface area contributed by atoms with Crippen LogP contribution in [0.4, 0.5) is 5.13 Å². The van der Waals surface area contributed by atoms with Crippen molar-refractivity contribution in [2.24, 2.45) is 0 Å². The summed E-state index contributed by atoms with van der Waals surface area (Å²) < 4.78 is 18.3. The minimum absolute atomic E-state index is 0.0463. The summed E-state index contributed by atoms with van der Waals surface area (Å²) in [4.78, 5) is 20.0. The highest BCUT2D eigenvalue weighted by Gasteiger charge is 2.27. The third-order valence-corrected chi connectivity index (χ3v) is 6.79. The summed E-state index contributed by atoms with van der Waals surface area (Å²) in [5.41, 5.74) is 1.52. The molecule has 2 fully saturated rings. The first-order valence-electron chi connectivity index (χ1n) is 10.9. The number of rotatable bonds is 7. The number of aromatic nitrogens is 1.